The number of rotatable bonds is 3. The zero-order valence-electron chi connectivity index (χ0n) is 10.9. The molecule has 0 bridgehead atoms. The smallest absolute Gasteiger partial charge is 0.229 e. The van der Waals surface area contributed by atoms with Gasteiger partial charge in [0.1, 0.15) is 0 Å². The first-order valence-electron chi connectivity index (χ1n) is 6.59. The number of carbonyl (C=O) groups excluding carboxylic acids is 1. The maximum absolute atomic E-state index is 12.3. The molecule has 3 nitrogen and oxygen atoms in total. The summed E-state index contributed by atoms with van der Waals surface area (Å²) in [4.78, 5) is 12.3. The van der Waals surface area contributed by atoms with Crippen molar-refractivity contribution in [1.29, 1.82) is 0 Å². The topological polar surface area (TPSA) is 41.1 Å². The summed E-state index contributed by atoms with van der Waals surface area (Å²) in [5.41, 5.74) is 3.25. The first-order chi connectivity index (χ1) is 9.74. The van der Waals surface area contributed by atoms with Crippen LogP contribution in [-0.4, -0.2) is 12.5 Å². The van der Waals surface area contributed by atoms with Crippen molar-refractivity contribution in [2.45, 2.75) is 12.5 Å². The zero-order valence-corrected chi connectivity index (χ0v) is 12.5. The fraction of sp³-hybridized carbons (Fsp3) is 0.188. The quantitative estimate of drug-likeness (QED) is 0.906. The summed E-state index contributed by atoms with van der Waals surface area (Å²) >= 11 is 3.40. The summed E-state index contributed by atoms with van der Waals surface area (Å²) in [6.07, 6.45) is 0. The highest BCUT2D eigenvalue weighted by Gasteiger charge is 2.27. The van der Waals surface area contributed by atoms with Gasteiger partial charge in [-0.1, -0.05) is 46.3 Å². The van der Waals surface area contributed by atoms with Gasteiger partial charge in [0, 0.05) is 23.2 Å². The Bertz CT molecular complexity index is 625. The highest BCUT2D eigenvalue weighted by Crippen LogP contribution is 2.30. The van der Waals surface area contributed by atoms with Crippen LogP contribution in [0.1, 0.15) is 17.0 Å². The second kappa shape index (κ2) is 5.67. The van der Waals surface area contributed by atoms with Crippen LogP contribution in [0.2, 0.25) is 0 Å². The molecule has 1 atom stereocenters. The molecular formula is C16H15BrN2O. The van der Waals surface area contributed by atoms with E-state index in [2.05, 4.69) is 26.6 Å². The molecule has 1 unspecified atom stereocenters. The van der Waals surface area contributed by atoms with Gasteiger partial charge < -0.3 is 10.6 Å². The molecule has 2 aromatic rings. The highest BCUT2D eigenvalue weighted by molar-refractivity contribution is 9.10. The molecule has 1 aliphatic heterocycles. The van der Waals surface area contributed by atoms with E-state index in [4.69, 9.17) is 0 Å². The number of nitrogens with one attached hydrogen (secondary N) is 2. The summed E-state index contributed by atoms with van der Waals surface area (Å²) in [5.74, 6) is -0.0213. The zero-order chi connectivity index (χ0) is 13.9. The molecule has 0 radical (unpaired) electrons. The average Bonchev–Trinajstić information content (AvgIpc) is 2.90. The third-order valence-electron chi connectivity index (χ3n) is 3.53. The fourth-order valence-electron chi connectivity index (χ4n) is 2.43. The van der Waals surface area contributed by atoms with Crippen LogP contribution in [-0.2, 0) is 11.3 Å². The molecule has 0 spiro atoms. The van der Waals surface area contributed by atoms with E-state index in [1.165, 1.54) is 0 Å². The van der Waals surface area contributed by atoms with Crippen molar-refractivity contribution < 1.29 is 4.79 Å². The van der Waals surface area contributed by atoms with Crippen molar-refractivity contribution in [3.63, 3.8) is 0 Å². The van der Waals surface area contributed by atoms with E-state index in [1.807, 2.05) is 48.5 Å². The van der Waals surface area contributed by atoms with E-state index in [1.54, 1.807) is 0 Å². The lowest BCUT2D eigenvalue weighted by Crippen LogP contribution is -2.29. The van der Waals surface area contributed by atoms with Gasteiger partial charge in [-0.2, -0.15) is 0 Å². The van der Waals surface area contributed by atoms with E-state index in [0.717, 1.165) is 21.3 Å². The van der Waals surface area contributed by atoms with Gasteiger partial charge in [-0.3, -0.25) is 4.79 Å². The Balaban J connectivity index is 1.65. The predicted octanol–water partition coefficient (Wildman–Crippen LogP) is 3.27. The van der Waals surface area contributed by atoms with Crippen LogP contribution in [0.4, 0.5) is 5.69 Å². The Hall–Kier alpha value is -1.81. The lowest BCUT2D eigenvalue weighted by atomic mass is 10.0. The fourth-order valence-corrected chi connectivity index (χ4v) is 2.70. The largest absolute Gasteiger partial charge is 0.384 e. The van der Waals surface area contributed by atoms with Crippen LogP contribution < -0.4 is 10.6 Å². The molecule has 3 rings (SSSR count). The molecule has 0 saturated carbocycles. The molecule has 20 heavy (non-hydrogen) atoms. The van der Waals surface area contributed by atoms with Crippen molar-refractivity contribution in [3.05, 3.63) is 64.1 Å². The summed E-state index contributed by atoms with van der Waals surface area (Å²) < 4.78 is 1.04. The first-order valence-corrected chi connectivity index (χ1v) is 7.38. The third-order valence-corrected chi connectivity index (χ3v) is 4.06. The maximum atomic E-state index is 12.3. The number of amides is 1. The summed E-state index contributed by atoms with van der Waals surface area (Å²) in [6, 6.07) is 15.9. The number of carbonyl (C=O) groups is 1. The van der Waals surface area contributed by atoms with Gasteiger partial charge in [0.15, 0.2) is 0 Å². The van der Waals surface area contributed by atoms with E-state index < -0.39 is 0 Å². The van der Waals surface area contributed by atoms with Gasteiger partial charge in [0.05, 0.1) is 5.92 Å². The van der Waals surface area contributed by atoms with Gasteiger partial charge >= 0.3 is 0 Å². The molecule has 102 valence electrons. The van der Waals surface area contributed by atoms with Gasteiger partial charge in [-0.15, -0.1) is 0 Å². The van der Waals surface area contributed by atoms with Crippen molar-refractivity contribution in [2.75, 3.05) is 11.9 Å². The van der Waals surface area contributed by atoms with Crippen LogP contribution in [0.25, 0.3) is 0 Å². The second-order valence-electron chi connectivity index (χ2n) is 4.87. The Labute approximate surface area is 126 Å². The third kappa shape index (κ3) is 2.70. The Kier molecular flexibility index (Phi) is 3.74. The number of hydrogen-bond donors (Lipinski definition) is 2. The van der Waals surface area contributed by atoms with Crippen molar-refractivity contribution in [3.8, 4) is 0 Å². The van der Waals surface area contributed by atoms with Crippen molar-refractivity contribution >= 4 is 27.5 Å². The number of anilines is 1. The molecule has 2 N–H and O–H groups in total. The lowest BCUT2D eigenvalue weighted by Gasteiger charge is -2.11. The average molecular weight is 331 g/mol. The molecule has 0 fully saturated rings. The lowest BCUT2D eigenvalue weighted by molar-refractivity contribution is -0.122. The SMILES string of the molecule is O=C(NCc1ccc(Br)cc1)C1CNc2ccccc21. The maximum Gasteiger partial charge on any atom is 0.229 e. The minimum atomic E-state index is -0.0957. The van der Waals surface area contributed by atoms with Crippen LogP contribution in [0.15, 0.2) is 53.0 Å². The summed E-state index contributed by atoms with van der Waals surface area (Å²) in [5, 5.41) is 6.28. The second-order valence-corrected chi connectivity index (χ2v) is 5.78. The number of para-hydroxylation sites is 1. The summed E-state index contributed by atoms with van der Waals surface area (Å²) in [6.45, 7) is 1.23. The van der Waals surface area contributed by atoms with Gasteiger partial charge in [0.2, 0.25) is 5.91 Å². The molecule has 0 aliphatic carbocycles. The van der Waals surface area contributed by atoms with Crippen molar-refractivity contribution in [1.82, 2.24) is 5.32 Å². The van der Waals surface area contributed by atoms with E-state index in [0.29, 0.717) is 13.1 Å². The van der Waals surface area contributed by atoms with Crippen LogP contribution in [0.3, 0.4) is 0 Å². The standard InChI is InChI=1S/C16H15BrN2O/c17-12-7-5-11(6-8-12)9-19-16(20)14-10-18-15-4-2-1-3-13(14)15/h1-8,14,18H,9-10H2,(H,19,20). The van der Waals surface area contributed by atoms with Gasteiger partial charge in [-0.05, 0) is 29.3 Å². The van der Waals surface area contributed by atoms with Gasteiger partial charge in [-0.25, -0.2) is 0 Å². The van der Waals surface area contributed by atoms with Crippen LogP contribution >= 0.6 is 15.9 Å². The monoisotopic (exact) mass is 330 g/mol. The van der Waals surface area contributed by atoms with Gasteiger partial charge in [0.25, 0.3) is 0 Å². The summed E-state index contributed by atoms with van der Waals surface area (Å²) in [7, 11) is 0. The van der Waals surface area contributed by atoms with Crippen molar-refractivity contribution in [2.24, 2.45) is 0 Å². The molecule has 0 aromatic heterocycles. The van der Waals surface area contributed by atoms with E-state index >= 15 is 0 Å². The first kappa shape index (κ1) is 13.2. The number of benzene rings is 2. The minimum Gasteiger partial charge on any atom is -0.384 e. The molecule has 0 saturated heterocycles. The normalized spacial score (nSPS) is 16.4. The van der Waals surface area contributed by atoms with E-state index in [9.17, 15) is 4.79 Å². The number of halogens is 1. The Morgan fingerprint density at radius 2 is 1.95 bits per heavy atom. The van der Waals surface area contributed by atoms with Crippen LogP contribution in [0.5, 0.6) is 0 Å². The minimum absolute atomic E-state index is 0.0744. The molecule has 2 aromatic carbocycles. The molecule has 4 heteroatoms. The highest BCUT2D eigenvalue weighted by atomic mass is 79.9. The number of hydrogen-bond acceptors (Lipinski definition) is 2. The Morgan fingerprint density at radius 3 is 2.75 bits per heavy atom. The predicted molar refractivity (Wildman–Crippen MR) is 83.7 cm³/mol. The van der Waals surface area contributed by atoms with E-state index in [-0.39, 0.29) is 11.8 Å². The Morgan fingerprint density at radius 1 is 1.20 bits per heavy atom. The molecule has 1 amide bonds. The molecule has 1 heterocycles. The molecular weight excluding hydrogens is 316 g/mol. The molecule has 1 aliphatic rings. The van der Waals surface area contributed by atoms with Crippen LogP contribution in [0, 0.1) is 0 Å². The number of fused-ring (bicyclic) bond motifs is 1.